The van der Waals surface area contributed by atoms with E-state index >= 15 is 0 Å². The van der Waals surface area contributed by atoms with Crippen molar-refractivity contribution in [1.82, 2.24) is 10.2 Å². The predicted octanol–water partition coefficient (Wildman–Crippen LogP) is 2.44. The fraction of sp³-hybridized carbons (Fsp3) is 0.500. The van der Waals surface area contributed by atoms with Crippen LogP contribution in [-0.2, 0) is 11.3 Å². The number of likely N-dealkylation sites (N-methyl/N-ethyl adjacent to an activating group) is 1. The molecule has 0 radical (unpaired) electrons. The fourth-order valence-corrected chi connectivity index (χ4v) is 2.06. The second-order valence-electron chi connectivity index (χ2n) is 4.83. The number of rotatable bonds is 5. The van der Waals surface area contributed by atoms with Gasteiger partial charge < -0.3 is 10.2 Å². The summed E-state index contributed by atoms with van der Waals surface area (Å²) in [5, 5.41) is 3.74. The predicted molar refractivity (Wildman–Crippen MR) is 73.5 cm³/mol. The Morgan fingerprint density at radius 3 is 2.56 bits per heavy atom. The van der Waals surface area contributed by atoms with Crippen LogP contribution in [0.1, 0.15) is 25.3 Å². The van der Waals surface area contributed by atoms with E-state index < -0.39 is 0 Å². The molecule has 1 aromatic rings. The second kappa shape index (κ2) is 5.72. The van der Waals surface area contributed by atoms with Gasteiger partial charge in [0.25, 0.3) is 0 Å². The molecule has 1 aliphatic carbocycles. The quantitative estimate of drug-likeness (QED) is 0.888. The zero-order valence-corrected chi connectivity index (χ0v) is 11.6. The van der Waals surface area contributed by atoms with E-state index in [4.69, 9.17) is 11.6 Å². The molecule has 98 valence electrons. The topological polar surface area (TPSA) is 32.3 Å². The molecule has 1 aromatic carbocycles. The molecule has 0 aromatic heterocycles. The summed E-state index contributed by atoms with van der Waals surface area (Å²) in [7, 11) is 1.82. The number of carbonyl (C=O) groups excluding carboxylic acids is 1. The molecule has 1 unspecified atom stereocenters. The highest BCUT2D eigenvalue weighted by Crippen LogP contribution is 2.29. The second-order valence-corrected chi connectivity index (χ2v) is 5.27. The molecule has 1 N–H and O–H groups in total. The van der Waals surface area contributed by atoms with Gasteiger partial charge in [-0.05, 0) is 44.5 Å². The zero-order valence-electron chi connectivity index (χ0n) is 10.8. The normalized spacial score (nSPS) is 16.4. The number of nitrogens with zero attached hydrogens (tertiary/aromatic N) is 1. The van der Waals surface area contributed by atoms with Gasteiger partial charge in [-0.15, -0.1) is 0 Å². The monoisotopic (exact) mass is 266 g/mol. The van der Waals surface area contributed by atoms with Crippen molar-refractivity contribution >= 4 is 17.5 Å². The van der Waals surface area contributed by atoms with E-state index in [2.05, 4.69) is 5.32 Å². The van der Waals surface area contributed by atoms with Gasteiger partial charge in [0.05, 0.1) is 6.04 Å². The molecule has 4 heteroatoms. The molecule has 1 atom stereocenters. The lowest BCUT2D eigenvalue weighted by Gasteiger charge is -2.25. The summed E-state index contributed by atoms with van der Waals surface area (Å²) >= 11 is 5.87. The molecule has 18 heavy (non-hydrogen) atoms. The maximum atomic E-state index is 12.3. The van der Waals surface area contributed by atoms with Crippen molar-refractivity contribution in [1.29, 1.82) is 0 Å². The Morgan fingerprint density at radius 1 is 1.44 bits per heavy atom. The first-order valence-electron chi connectivity index (χ1n) is 6.34. The van der Waals surface area contributed by atoms with Gasteiger partial charge in [0, 0.05) is 17.6 Å². The third-order valence-electron chi connectivity index (χ3n) is 3.34. The Bertz CT molecular complexity index is 414. The molecule has 0 aliphatic heterocycles. The molecule has 1 saturated carbocycles. The Balaban J connectivity index is 2.06. The first-order valence-corrected chi connectivity index (χ1v) is 6.72. The summed E-state index contributed by atoms with van der Waals surface area (Å²) in [6.07, 6.45) is 2.24. The highest BCUT2D eigenvalue weighted by molar-refractivity contribution is 6.30. The number of hydrogen-bond donors (Lipinski definition) is 1. The standard InChI is InChI=1S/C14H19ClN2O/c1-10(16-2)14(18)17(13-7-8-13)9-11-3-5-12(15)6-4-11/h3-6,10,13,16H,7-9H2,1-2H3. The maximum absolute atomic E-state index is 12.3. The number of halogens is 1. The average Bonchev–Trinajstić information content (AvgIpc) is 3.20. The van der Waals surface area contributed by atoms with Crippen molar-refractivity contribution in [3.05, 3.63) is 34.9 Å². The van der Waals surface area contributed by atoms with Crippen molar-refractivity contribution in [3.63, 3.8) is 0 Å². The van der Waals surface area contributed by atoms with Crippen LogP contribution in [0.3, 0.4) is 0 Å². The first kappa shape index (κ1) is 13.4. The van der Waals surface area contributed by atoms with Gasteiger partial charge in [-0.3, -0.25) is 4.79 Å². The van der Waals surface area contributed by atoms with E-state index in [1.54, 1.807) is 0 Å². The number of hydrogen-bond acceptors (Lipinski definition) is 2. The molecule has 1 amide bonds. The minimum Gasteiger partial charge on any atom is -0.334 e. The van der Waals surface area contributed by atoms with Crippen LogP contribution in [0.15, 0.2) is 24.3 Å². The van der Waals surface area contributed by atoms with Crippen LogP contribution >= 0.6 is 11.6 Å². The van der Waals surface area contributed by atoms with Crippen molar-refractivity contribution < 1.29 is 4.79 Å². The summed E-state index contributed by atoms with van der Waals surface area (Å²) in [6.45, 7) is 2.58. The molecular weight excluding hydrogens is 248 g/mol. The van der Waals surface area contributed by atoms with Crippen molar-refractivity contribution in [2.24, 2.45) is 0 Å². The fourth-order valence-electron chi connectivity index (χ4n) is 1.93. The van der Waals surface area contributed by atoms with Gasteiger partial charge in [0.1, 0.15) is 0 Å². The van der Waals surface area contributed by atoms with E-state index in [0.29, 0.717) is 12.6 Å². The van der Waals surface area contributed by atoms with Crippen LogP contribution < -0.4 is 5.32 Å². The molecule has 0 spiro atoms. The lowest BCUT2D eigenvalue weighted by atomic mass is 10.2. The SMILES string of the molecule is CNC(C)C(=O)N(Cc1ccc(Cl)cc1)C1CC1. The number of nitrogens with one attached hydrogen (secondary N) is 1. The van der Waals surface area contributed by atoms with Crippen LogP contribution in [0.25, 0.3) is 0 Å². The summed E-state index contributed by atoms with van der Waals surface area (Å²) in [4.78, 5) is 14.2. The molecule has 1 fully saturated rings. The Kier molecular flexibility index (Phi) is 4.25. The number of benzene rings is 1. The number of amides is 1. The molecule has 0 saturated heterocycles. The van der Waals surface area contributed by atoms with E-state index in [9.17, 15) is 4.79 Å². The molecule has 0 heterocycles. The minimum atomic E-state index is -0.127. The van der Waals surface area contributed by atoms with E-state index in [0.717, 1.165) is 23.4 Å². The van der Waals surface area contributed by atoms with Crippen LogP contribution in [0.5, 0.6) is 0 Å². The van der Waals surface area contributed by atoms with E-state index in [1.807, 2.05) is 43.1 Å². The van der Waals surface area contributed by atoms with Crippen molar-refractivity contribution in [2.45, 2.75) is 38.4 Å². The van der Waals surface area contributed by atoms with Crippen LogP contribution in [0, 0.1) is 0 Å². The van der Waals surface area contributed by atoms with Gasteiger partial charge in [0.2, 0.25) is 5.91 Å². The van der Waals surface area contributed by atoms with Crippen molar-refractivity contribution in [3.8, 4) is 0 Å². The highest BCUT2D eigenvalue weighted by atomic mass is 35.5. The third kappa shape index (κ3) is 3.24. The average molecular weight is 267 g/mol. The lowest BCUT2D eigenvalue weighted by Crippen LogP contribution is -2.44. The summed E-state index contributed by atoms with van der Waals surface area (Å²) < 4.78 is 0. The molecule has 0 bridgehead atoms. The van der Waals surface area contributed by atoms with Gasteiger partial charge in [0.15, 0.2) is 0 Å². The van der Waals surface area contributed by atoms with Crippen molar-refractivity contribution in [2.75, 3.05) is 7.05 Å². The summed E-state index contributed by atoms with van der Waals surface area (Å²) in [5.41, 5.74) is 1.13. The first-order chi connectivity index (χ1) is 8.61. The highest BCUT2D eigenvalue weighted by Gasteiger charge is 2.34. The van der Waals surface area contributed by atoms with Gasteiger partial charge in [-0.1, -0.05) is 23.7 Å². The van der Waals surface area contributed by atoms with Gasteiger partial charge >= 0.3 is 0 Å². The Hall–Kier alpha value is -1.06. The molecular formula is C14H19ClN2O. The minimum absolute atomic E-state index is 0.127. The molecule has 1 aliphatic rings. The summed E-state index contributed by atoms with van der Waals surface area (Å²) in [5.74, 6) is 0.176. The lowest BCUT2D eigenvalue weighted by molar-refractivity contribution is -0.134. The summed E-state index contributed by atoms with van der Waals surface area (Å²) in [6, 6.07) is 7.99. The Labute approximate surface area is 113 Å². The molecule has 3 nitrogen and oxygen atoms in total. The van der Waals surface area contributed by atoms with Gasteiger partial charge in [-0.25, -0.2) is 0 Å². The zero-order chi connectivity index (χ0) is 13.1. The largest absolute Gasteiger partial charge is 0.334 e. The molecule has 2 rings (SSSR count). The van der Waals surface area contributed by atoms with Crippen LogP contribution in [0.2, 0.25) is 5.02 Å². The maximum Gasteiger partial charge on any atom is 0.239 e. The van der Waals surface area contributed by atoms with E-state index in [1.165, 1.54) is 0 Å². The number of carbonyl (C=O) groups is 1. The van der Waals surface area contributed by atoms with Gasteiger partial charge in [-0.2, -0.15) is 0 Å². The smallest absolute Gasteiger partial charge is 0.239 e. The van der Waals surface area contributed by atoms with E-state index in [-0.39, 0.29) is 11.9 Å². The van der Waals surface area contributed by atoms with Crippen LogP contribution in [0.4, 0.5) is 0 Å². The van der Waals surface area contributed by atoms with Crippen LogP contribution in [-0.4, -0.2) is 29.9 Å². The third-order valence-corrected chi connectivity index (χ3v) is 3.59. The Morgan fingerprint density at radius 2 is 2.06 bits per heavy atom.